The molecular formula is C24H31N3O3. The largest absolute Gasteiger partial charge is 0.454 e. The van der Waals surface area contributed by atoms with Crippen LogP contribution in [0, 0.1) is 0 Å². The number of hydrogen-bond acceptors (Lipinski definition) is 5. The van der Waals surface area contributed by atoms with Crippen molar-refractivity contribution in [1.29, 1.82) is 0 Å². The fraction of sp³-hybridized carbons (Fsp3) is 0.458. The van der Waals surface area contributed by atoms with Gasteiger partial charge in [0.15, 0.2) is 11.5 Å². The fourth-order valence-electron chi connectivity index (χ4n) is 4.33. The minimum atomic E-state index is -0.209. The maximum Gasteiger partial charge on any atom is 0.244 e. The van der Waals surface area contributed by atoms with Gasteiger partial charge in [-0.1, -0.05) is 36.4 Å². The molecule has 4 rings (SSSR count). The standard InChI is InChI=1S/C24H31N3O3/c1-3-26(4-2)24(28)23(20-8-6-5-7-9-20)27-14-12-25(13-15-27)17-19-10-11-21-22(16-19)30-18-29-21/h5-11,16,23H,3-4,12-15,17-18H2,1-2H3/t23-/m1/s1. The van der Waals surface area contributed by atoms with Crippen molar-refractivity contribution < 1.29 is 14.3 Å². The van der Waals surface area contributed by atoms with E-state index in [0.29, 0.717) is 6.79 Å². The summed E-state index contributed by atoms with van der Waals surface area (Å²) >= 11 is 0. The Morgan fingerprint density at radius 2 is 1.67 bits per heavy atom. The van der Waals surface area contributed by atoms with Gasteiger partial charge in [0.05, 0.1) is 0 Å². The molecule has 0 spiro atoms. The van der Waals surface area contributed by atoms with Gasteiger partial charge in [-0.05, 0) is 37.1 Å². The van der Waals surface area contributed by atoms with Crippen LogP contribution in [0.2, 0.25) is 0 Å². The first-order valence-electron chi connectivity index (χ1n) is 10.9. The molecule has 2 aliphatic heterocycles. The lowest BCUT2D eigenvalue weighted by Gasteiger charge is -2.40. The van der Waals surface area contributed by atoms with Gasteiger partial charge in [0.25, 0.3) is 0 Å². The Morgan fingerprint density at radius 1 is 0.967 bits per heavy atom. The zero-order chi connectivity index (χ0) is 20.9. The summed E-state index contributed by atoms with van der Waals surface area (Å²) in [4.78, 5) is 20.1. The molecule has 6 nitrogen and oxygen atoms in total. The van der Waals surface area contributed by atoms with E-state index in [2.05, 4.69) is 34.1 Å². The van der Waals surface area contributed by atoms with Crippen LogP contribution in [0.1, 0.15) is 31.0 Å². The Bertz CT molecular complexity index is 846. The Labute approximate surface area is 179 Å². The highest BCUT2D eigenvalue weighted by Crippen LogP contribution is 2.33. The highest BCUT2D eigenvalue weighted by atomic mass is 16.7. The zero-order valence-electron chi connectivity index (χ0n) is 17.9. The van der Waals surface area contributed by atoms with E-state index in [0.717, 1.165) is 62.9 Å². The molecule has 2 aliphatic rings. The Morgan fingerprint density at radius 3 is 2.37 bits per heavy atom. The number of hydrogen-bond donors (Lipinski definition) is 0. The summed E-state index contributed by atoms with van der Waals surface area (Å²) in [6.07, 6.45) is 0. The van der Waals surface area contributed by atoms with E-state index in [1.807, 2.05) is 43.0 Å². The van der Waals surface area contributed by atoms with Gasteiger partial charge in [0.1, 0.15) is 6.04 Å². The van der Waals surface area contributed by atoms with E-state index in [9.17, 15) is 4.79 Å². The first-order valence-corrected chi connectivity index (χ1v) is 10.9. The van der Waals surface area contributed by atoms with Gasteiger partial charge in [0.2, 0.25) is 12.7 Å². The number of ether oxygens (including phenoxy) is 2. The van der Waals surface area contributed by atoms with Crippen molar-refractivity contribution in [2.45, 2.75) is 26.4 Å². The van der Waals surface area contributed by atoms with Gasteiger partial charge in [0, 0.05) is 45.8 Å². The van der Waals surface area contributed by atoms with E-state index in [1.54, 1.807) is 0 Å². The smallest absolute Gasteiger partial charge is 0.244 e. The summed E-state index contributed by atoms with van der Waals surface area (Å²) in [5.41, 5.74) is 2.31. The number of nitrogens with zero attached hydrogens (tertiary/aromatic N) is 3. The van der Waals surface area contributed by atoms with Crippen LogP contribution < -0.4 is 9.47 Å². The quantitative estimate of drug-likeness (QED) is 0.703. The Balaban J connectivity index is 1.43. The van der Waals surface area contributed by atoms with Crippen LogP contribution in [0.3, 0.4) is 0 Å². The molecule has 0 bridgehead atoms. The number of carbonyl (C=O) groups excluding carboxylic acids is 1. The topological polar surface area (TPSA) is 45.3 Å². The van der Waals surface area contributed by atoms with Gasteiger partial charge >= 0.3 is 0 Å². The molecule has 0 aromatic heterocycles. The molecule has 2 aromatic carbocycles. The zero-order valence-corrected chi connectivity index (χ0v) is 17.9. The molecule has 1 atom stereocenters. The van der Waals surface area contributed by atoms with E-state index in [1.165, 1.54) is 5.56 Å². The summed E-state index contributed by atoms with van der Waals surface area (Å²) < 4.78 is 10.9. The molecule has 0 N–H and O–H groups in total. The third kappa shape index (κ3) is 4.45. The number of benzene rings is 2. The van der Waals surface area contributed by atoms with E-state index < -0.39 is 0 Å². The number of fused-ring (bicyclic) bond motifs is 1. The van der Waals surface area contributed by atoms with Crippen LogP contribution in [0.5, 0.6) is 11.5 Å². The monoisotopic (exact) mass is 409 g/mol. The predicted molar refractivity (Wildman–Crippen MR) is 117 cm³/mol. The van der Waals surface area contributed by atoms with Gasteiger partial charge in [-0.2, -0.15) is 0 Å². The summed E-state index contributed by atoms with van der Waals surface area (Å²) in [5, 5.41) is 0. The summed E-state index contributed by atoms with van der Waals surface area (Å²) in [6.45, 7) is 10.4. The molecule has 1 fully saturated rings. The molecule has 0 saturated carbocycles. The maximum absolute atomic E-state index is 13.3. The van der Waals surface area contributed by atoms with Crippen molar-refractivity contribution in [1.82, 2.24) is 14.7 Å². The number of rotatable bonds is 7. The molecule has 1 amide bonds. The Hall–Kier alpha value is -2.57. The average Bonchev–Trinajstić information content (AvgIpc) is 3.25. The van der Waals surface area contributed by atoms with Gasteiger partial charge < -0.3 is 14.4 Å². The molecule has 0 unspecified atom stereocenters. The van der Waals surface area contributed by atoms with Crippen LogP contribution in [0.4, 0.5) is 0 Å². The van der Waals surface area contributed by atoms with E-state index >= 15 is 0 Å². The first kappa shape index (κ1) is 20.7. The predicted octanol–water partition coefficient (Wildman–Crippen LogP) is 3.14. The highest BCUT2D eigenvalue weighted by Gasteiger charge is 2.32. The fourth-order valence-corrected chi connectivity index (χ4v) is 4.33. The van der Waals surface area contributed by atoms with E-state index in [-0.39, 0.29) is 11.9 Å². The molecule has 160 valence electrons. The molecule has 1 saturated heterocycles. The minimum Gasteiger partial charge on any atom is -0.454 e. The summed E-state index contributed by atoms with van der Waals surface area (Å²) in [5.74, 6) is 1.86. The van der Waals surface area contributed by atoms with Crippen LogP contribution in [0.15, 0.2) is 48.5 Å². The van der Waals surface area contributed by atoms with Crippen molar-refractivity contribution in [3.63, 3.8) is 0 Å². The molecule has 0 aliphatic carbocycles. The normalized spacial score (nSPS) is 17.7. The van der Waals surface area contributed by atoms with Gasteiger partial charge in [-0.15, -0.1) is 0 Å². The maximum atomic E-state index is 13.3. The number of likely N-dealkylation sites (N-methyl/N-ethyl adjacent to an activating group) is 1. The molecule has 30 heavy (non-hydrogen) atoms. The lowest BCUT2D eigenvalue weighted by atomic mass is 10.0. The second-order valence-electron chi connectivity index (χ2n) is 7.82. The second kappa shape index (κ2) is 9.49. The summed E-state index contributed by atoms with van der Waals surface area (Å²) in [6, 6.07) is 16.2. The summed E-state index contributed by atoms with van der Waals surface area (Å²) in [7, 11) is 0. The average molecular weight is 410 g/mol. The number of amides is 1. The molecule has 2 heterocycles. The third-order valence-corrected chi connectivity index (χ3v) is 6.04. The van der Waals surface area contributed by atoms with Crippen molar-refractivity contribution in [2.75, 3.05) is 46.1 Å². The molecular weight excluding hydrogens is 378 g/mol. The second-order valence-corrected chi connectivity index (χ2v) is 7.82. The van der Waals surface area contributed by atoms with Crippen molar-refractivity contribution in [2.24, 2.45) is 0 Å². The highest BCUT2D eigenvalue weighted by molar-refractivity contribution is 5.83. The molecule has 2 aromatic rings. The van der Waals surface area contributed by atoms with Crippen LogP contribution in [0.25, 0.3) is 0 Å². The van der Waals surface area contributed by atoms with Crippen LogP contribution in [-0.2, 0) is 11.3 Å². The van der Waals surface area contributed by atoms with Crippen molar-refractivity contribution in [3.05, 3.63) is 59.7 Å². The lowest BCUT2D eigenvalue weighted by Crippen LogP contribution is -2.51. The molecule has 6 heteroatoms. The lowest BCUT2D eigenvalue weighted by molar-refractivity contribution is -0.137. The SMILES string of the molecule is CCN(CC)C(=O)[C@@H](c1ccccc1)N1CCN(Cc2ccc3c(c2)OCO3)CC1. The van der Waals surface area contributed by atoms with Gasteiger partial charge in [-0.3, -0.25) is 14.6 Å². The van der Waals surface area contributed by atoms with Crippen LogP contribution >= 0.6 is 0 Å². The first-order chi connectivity index (χ1) is 14.7. The van der Waals surface area contributed by atoms with Gasteiger partial charge in [-0.25, -0.2) is 0 Å². The number of piperazine rings is 1. The van der Waals surface area contributed by atoms with E-state index in [4.69, 9.17) is 9.47 Å². The molecule has 0 radical (unpaired) electrons. The number of carbonyl (C=O) groups is 1. The third-order valence-electron chi connectivity index (χ3n) is 6.04. The minimum absolute atomic E-state index is 0.204. The van der Waals surface area contributed by atoms with Crippen LogP contribution in [-0.4, -0.2) is 66.7 Å². The van der Waals surface area contributed by atoms with Crippen molar-refractivity contribution >= 4 is 5.91 Å². The Kier molecular flexibility index (Phi) is 6.55. The van der Waals surface area contributed by atoms with Crippen molar-refractivity contribution in [3.8, 4) is 11.5 Å².